The number of methoxy groups -OCH3 is 2. The molecule has 6 heterocycles. The number of imide groups is 1. The summed E-state index contributed by atoms with van der Waals surface area (Å²) in [4.78, 5) is 69.3. The Balaban J connectivity index is 0.671. The molecular formula is C66H80N10O11. The highest BCUT2D eigenvalue weighted by Crippen LogP contribution is 2.42. The summed E-state index contributed by atoms with van der Waals surface area (Å²) in [6, 6.07) is 14.4. The molecule has 0 radical (unpaired) electrons. The first kappa shape index (κ1) is 61.2. The second kappa shape index (κ2) is 27.7. The number of likely N-dealkylation sites (N-methyl/N-ethyl adjacent to an activating group) is 1. The molecule has 1 fully saturated rings. The van der Waals surface area contributed by atoms with Gasteiger partial charge in [0.05, 0.1) is 51.7 Å². The van der Waals surface area contributed by atoms with Crippen molar-refractivity contribution in [3.8, 4) is 23.0 Å². The summed E-state index contributed by atoms with van der Waals surface area (Å²) >= 11 is 0. The Morgan fingerprint density at radius 1 is 0.667 bits per heavy atom. The zero-order chi connectivity index (χ0) is 61.3. The highest BCUT2D eigenvalue weighted by atomic mass is 16.5. The summed E-state index contributed by atoms with van der Waals surface area (Å²) < 4.78 is 30.3. The molecule has 4 aromatic rings. The van der Waals surface area contributed by atoms with Gasteiger partial charge in [0, 0.05) is 87.9 Å². The molecule has 3 N–H and O–H groups in total. The number of allylic oxidation sites excluding steroid dienone is 8. The van der Waals surface area contributed by atoms with Crippen molar-refractivity contribution in [2.45, 2.75) is 104 Å². The largest absolute Gasteiger partial charge is 0.618 e. The number of amides is 5. The molecular weight excluding hydrogens is 1110 g/mol. The van der Waals surface area contributed by atoms with Crippen LogP contribution < -0.4 is 39.8 Å². The lowest BCUT2D eigenvalue weighted by Gasteiger charge is -2.34. The lowest BCUT2D eigenvalue weighted by molar-refractivity contribution is -0.404. The van der Waals surface area contributed by atoms with E-state index in [4.69, 9.17) is 18.9 Å². The predicted octanol–water partition coefficient (Wildman–Crippen LogP) is 7.62. The highest BCUT2D eigenvalue weighted by molar-refractivity contribution is 6.12. The number of rotatable bonds is 25. The Bertz CT molecular complexity index is 3450. The van der Waals surface area contributed by atoms with Crippen LogP contribution in [0.1, 0.15) is 101 Å². The third-order valence-corrected chi connectivity index (χ3v) is 17.1. The predicted molar refractivity (Wildman–Crippen MR) is 333 cm³/mol. The lowest BCUT2D eigenvalue weighted by atomic mass is 9.87. The van der Waals surface area contributed by atoms with E-state index in [-0.39, 0.29) is 48.4 Å². The number of benzene rings is 2. The summed E-state index contributed by atoms with van der Waals surface area (Å²) in [6.45, 7) is 11.6. The summed E-state index contributed by atoms with van der Waals surface area (Å²) in [5.41, 5.74) is 8.59. The molecule has 10 rings (SSSR count). The van der Waals surface area contributed by atoms with Gasteiger partial charge in [0.25, 0.3) is 11.8 Å². The Hall–Kier alpha value is -8.85. The highest BCUT2D eigenvalue weighted by Gasteiger charge is 2.35. The lowest BCUT2D eigenvalue weighted by Crippen LogP contribution is -2.53. The van der Waals surface area contributed by atoms with Crippen LogP contribution in [-0.2, 0) is 37.1 Å². The number of ether oxygens (including phenoxy) is 4. The Morgan fingerprint density at radius 2 is 1.23 bits per heavy atom. The van der Waals surface area contributed by atoms with E-state index >= 15 is 0 Å². The summed E-state index contributed by atoms with van der Waals surface area (Å²) in [5.74, 6) is -0.229. The number of carbonyl (C=O) groups excluding carboxylic acids is 5. The molecule has 5 amide bonds. The van der Waals surface area contributed by atoms with Crippen molar-refractivity contribution in [2.75, 3.05) is 77.4 Å². The average Bonchev–Trinajstić information content (AvgIpc) is 2.74. The minimum absolute atomic E-state index is 0.0273. The van der Waals surface area contributed by atoms with Gasteiger partial charge >= 0.3 is 0 Å². The second-order valence-electron chi connectivity index (χ2n) is 23.6. The number of unbranched alkanes of at least 4 members (excludes halogenated alkanes) is 4. The molecule has 21 heteroatoms. The molecule has 2 aromatic carbocycles. The molecule has 460 valence electrons. The number of piperazine rings is 1. The van der Waals surface area contributed by atoms with E-state index in [0.29, 0.717) is 97.8 Å². The zero-order valence-corrected chi connectivity index (χ0v) is 50.6. The van der Waals surface area contributed by atoms with E-state index in [1.165, 1.54) is 40.1 Å². The quantitative estimate of drug-likeness (QED) is 0.0251. The van der Waals surface area contributed by atoms with Crippen LogP contribution >= 0.6 is 0 Å². The van der Waals surface area contributed by atoms with E-state index < -0.39 is 23.9 Å². The summed E-state index contributed by atoms with van der Waals surface area (Å²) in [6.07, 6.45) is 22.7. The molecule has 4 aliphatic heterocycles. The minimum atomic E-state index is -0.930. The number of anilines is 2. The monoisotopic (exact) mass is 1190 g/mol. The van der Waals surface area contributed by atoms with Gasteiger partial charge in [-0.25, -0.2) is 0 Å². The van der Waals surface area contributed by atoms with Crippen LogP contribution in [0.15, 0.2) is 109 Å². The SMILES string of the molecule is COc1c(OCCCCCOc2cn3c(c2OC)C=[N+]([O-])C2=CC=C(c4cccc(NC(=O)C(C)NC(=O)C(NC(=O)CCCCCN5C(=O)C=CC5=O)C(C)C)c4)CC2C3)cn2c1C=[N+]([O-])C1=CC=C(c3ccc(N4CCN(C)CC4)cc3)CC1C2. The van der Waals surface area contributed by atoms with Crippen LogP contribution in [0, 0.1) is 28.2 Å². The number of hydroxylamine groups is 2. The molecule has 0 bridgehead atoms. The van der Waals surface area contributed by atoms with E-state index in [1.807, 2.05) is 67.2 Å². The Kier molecular flexibility index (Phi) is 19.5. The molecule has 4 atom stereocenters. The van der Waals surface area contributed by atoms with Gasteiger partial charge < -0.3 is 64.2 Å². The maximum atomic E-state index is 13.8. The van der Waals surface area contributed by atoms with Gasteiger partial charge in [0.15, 0.2) is 45.8 Å². The summed E-state index contributed by atoms with van der Waals surface area (Å²) in [7, 11) is 5.33. The Labute approximate surface area is 508 Å². The number of hydrogen-bond donors (Lipinski definition) is 3. The minimum Gasteiger partial charge on any atom is -0.618 e. The second-order valence-corrected chi connectivity index (χ2v) is 23.6. The fraction of sp³-hybridized carbons (Fsp3) is 0.439. The third kappa shape index (κ3) is 14.4. The average molecular weight is 1190 g/mol. The van der Waals surface area contributed by atoms with Crippen molar-refractivity contribution in [1.29, 1.82) is 0 Å². The van der Waals surface area contributed by atoms with Crippen LogP contribution in [-0.4, -0.2) is 150 Å². The standard InChI is InChI=1S/C66H80N10O11/c1-43(2)62(69-59(77)16-9-7-10-27-74-60(78)25-26-61(74)79)66(81)67-44(3)65(80)68-51-15-13-14-46(36-51)48-20-24-54-50(35-48)38-73-42-58(64(85-6)56(73)40-76(54)83)87-33-12-8-11-32-86-57-41-72-37-49-34-47(19-23-53(49)75(82)39-55(72)63(57)84-5)45-17-21-52(22-18-45)71-30-28-70(4)29-31-71/h13-15,17-26,36,39-44,49-50,62H,7-12,16,27-35,37-38H2,1-6H3,(H,67,81)(H,68,80)(H,69,77). The fourth-order valence-electron chi connectivity index (χ4n) is 12.1. The van der Waals surface area contributed by atoms with Gasteiger partial charge in [-0.05, 0) is 111 Å². The van der Waals surface area contributed by atoms with Crippen molar-refractivity contribution in [1.82, 2.24) is 29.6 Å². The van der Waals surface area contributed by atoms with E-state index in [9.17, 15) is 34.4 Å². The number of aromatic nitrogens is 2. The number of nitrogens with zero attached hydrogens (tertiary/aromatic N) is 7. The van der Waals surface area contributed by atoms with Gasteiger partial charge in [0.1, 0.15) is 12.1 Å². The van der Waals surface area contributed by atoms with Gasteiger partial charge in [0.2, 0.25) is 30.2 Å². The maximum Gasteiger partial charge on any atom is 0.253 e. The van der Waals surface area contributed by atoms with Crippen molar-refractivity contribution < 1.29 is 52.4 Å². The molecule has 0 saturated carbocycles. The van der Waals surface area contributed by atoms with E-state index in [2.05, 4.69) is 67.7 Å². The summed E-state index contributed by atoms with van der Waals surface area (Å²) in [5, 5.41) is 35.8. The molecule has 6 aliphatic rings. The van der Waals surface area contributed by atoms with Crippen LogP contribution in [0.4, 0.5) is 11.4 Å². The maximum absolute atomic E-state index is 13.8. The number of carbonyl (C=O) groups is 5. The first-order valence-corrected chi connectivity index (χ1v) is 30.4. The van der Waals surface area contributed by atoms with Crippen LogP contribution in [0.5, 0.6) is 23.0 Å². The first-order valence-electron chi connectivity index (χ1n) is 30.4. The number of hydrogen-bond acceptors (Lipinski definition) is 13. The van der Waals surface area contributed by atoms with Crippen LogP contribution in [0.2, 0.25) is 0 Å². The van der Waals surface area contributed by atoms with Crippen LogP contribution in [0.25, 0.3) is 11.1 Å². The number of fused-ring (bicyclic) bond motifs is 4. The molecule has 0 spiro atoms. The first-order chi connectivity index (χ1) is 42.0. The van der Waals surface area contributed by atoms with Gasteiger partial charge in [-0.1, -0.05) is 56.7 Å². The van der Waals surface area contributed by atoms with Crippen LogP contribution in [0.3, 0.4) is 0 Å². The molecule has 1 saturated heterocycles. The van der Waals surface area contributed by atoms with Gasteiger partial charge in [-0.2, -0.15) is 9.48 Å². The topological polar surface area (TPSA) is 230 Å². The van der Waals surface area contributed by atoms with Gasteiger partial charge in [-0.3, -0.25) is 28.9 Å². The molecule has 2 aliphatic carbocycles. The van der Waals surface area contributed by atoms with Crippen molar-refractivity contribution >= 4 is 64.5 Å². The third-order valence-electron chi connectivity index (χ3n) is 17.1. The molecule has 2 aromatic heterocycles. The van der Waals surface area contributed by atoms with Crippen molar-refractivity contribution in [3.05, 3.63) is 142 Å². The smallest absolute Gasteiger partial charge is 0.253 e. The Morgan fingerprint density at radius 3 is 1.79 bits per heavy atom. The number of nitrogens with one attached hydrogen (secondary N) is 3. The molecule has 87 heavy (non-hydrogen) atoms. The zero-order valence-electron chi connectivity index (χ0n) is 50.6. The fourth-order valence-corrected chi connectivity index (χ4v) is 12.1. The van der Waals surface area contributed by atoms with Crippen molar-refractivity contribution in [2.24, 2.45) is 17.8 Å². The molecule has 4 unspecified atom stereocenters. The van der Waals surface area contributed by atoms with Crippen molar-refractivity contribution in [3.63, 3.8) is 0 Å². The van der Waals surface area contributed by atoms with Gasteiger partial charge in [-0.15, -0.1) is 0 Å². The normalized spacial score (nSPS) is 18.9. The molecule has 21 nitrogen and oxygen atoms in total. The van der Waals surface area contributed by atoms with E-state index in [1.54, 1.807) is 33.4 Å². The van der Waals surface area contributed by atoms with E-state index in [0.717, 1.165) is 78.2 Å².